The Morgan fingerprint density at radius 2 is 1.86 bits per heavy atom. The summed E-state index contributed by atoms with van der Waals surface area (Å²) in [6, 6.07) is 6.18. The van der Waals surface area contributed by atoms with Gasteiger partial charge in [-0.1, -0.05) is 19.1 Å². The second-order valence-electron chi connectivity index (χ2n) is 13.1. The molecule has 2 aromatic rings. The van der Waals surface area contributed by atoms with Gasteiger partial charge in [-0.3, -0.25) is 4.79 Å². The fourth-order valence-electron chi connectivity index (χ4n) is 9.41. The Hall–Kier alpha value is -1.40. The predicted molar refractivity (Wildman–Crippen MR) is 140 cm³/mol. The smallest absolute Gasteiger partial charge is 0.157 e. The normalized spacial score (nSPS) is 42.9. The van der Waals surface area contributed by atoms with Crippen molar-refractivity contribution < 1.29 is 9.90 Å². The van der Waals surface area contributed by atoms with Crippen LogP contribution in [0.25, 0.3) is 11.0 Å². The molecule has 0 saturated heterocycles. The van der Waals surface area contributed by atoms with Crippen molar-refractivity contribution in [1.82, 2.24) is 15.0 Å². The van der Waals surface area contributed by atoms with Gasteiger partial charge in [0.15, 0.2) is 5.78 Å². The van der Waals surface area contributed by atoms with Gasteiger partial charge in [-0.2, -0.15) is 0 Å². The van der Waals surface area contributed by atoms with E-state index in [0.29, 0.717) is 29.6 Å². The lowest BCUT2D eigenvalue weighted by atomic mass is 9.44. The topological polar surface area (TPSA) is 68.0 Å². The number of aliphatic hydroxyl groups is 1. The molecule has 0 radical (unpaired) electrons. The molecule has 0 amide bonds. The predicted octanol–water partition coefficient (Wildman–Crippen LogP) is 6.13. The number of carbonyl (C=O) groups is 1. The molecule has 4 fully saturated rings. The molecule has 1 aromatic heterocycles. The van der Waals surface area contributed by atoms with Gasteiger partial charge in [-0.15, -0.1) is 16.9 Å². The third kappa shape index (κ3) is 3.72. The van der Waals surface area contributed by atoms with Crippen LogP contribution in [0.5, 0.6) is 0 Å². The molecule has 6 rings (SSSR count). The van der Waals surface area contributed by atoms with Crippen LogP contribution in [0.1, 0.15) is 78.6 Å². The molecule has 0 spiro atoms. The van der Waals surface area contributed by atoms with Crippen LogP contribution in [0.3, 0.4) is 0 Å². The molecule has 0 unspecified atom stereocenters. The van der Waals surface area contributed by atoms with Crippen LogP contribution in [0, 0.1) is 40.4 Å². The van der Waals surface area contributed by atoms with Crippen LogP contribution in [0.15, 0.2) is 23.1 Å². The van der Waals surface area contributed by atoms with E-state index < -0.39 is 5.60 Å². The van der Waals surface area contributed by atoms with Gasteiger partial charge in [-0.05, 0) is 124 Å². The van der Waals surface area contributed by atoms with E-state index in [1.165, 1.54) is 37.0 Å². The highest BCUT2D eigenvalue weighted by atomic mass is 32.2. The van der Waals surface area contributed by atoms with E-state index in [2.05, 4.69) is 42.5 Å². The van der Waals surface area contributed by atoms with Gasteiger partial charge in [-0.25, -0.2) is 4.68 Å². The number of hydrogen-bond donors (Lipinski definition) is 1. The molecule has 4 aliphatic carbocycles. The molecule has 1 N–H and O–H groups in total. The monoisotopic (exact) mass is 495 g/mol. The average molecular weight is 496 g/mol. The Bertz CT molecular complexity index is 1140. The van der Waals surface area contributed by atoms with Crippen LogP contribution in [-0.2, 0) is 11.3 Å². The fourth-order valence-corrected chi connectivity index (χ4v) is 9.84. The van der Waals surface area contributed by atoms with Crippen molar-refractivity contribution in [2.24, 2.45) is 40.4 Å². The van der Waals surface area contributed by atoms with E-state index in [1.54, 1.807) is 11.8 Å². The molecule has 0 aliphatic heterocycles. The number of benzene rings is 1. The molecule has 0 bridgehead atoms. The maximum Gasteiger partial charge on any atom is 0.157 e. The summed E-state index contributed by atoms with van der Waals surface area (Å²) in [6.07, 6.45) is 12.3. The van der Waals surface area contributed by atoms with Crippen LogP contribution >= 0.6 is 11.8 Å². The van der Waals surface area contributed by atoms with Crippen molar-refractivity contribution in [3.63, 3.8) is 0 Å². The third-order valence-electron chi connectivity index (χ3n) is 11.4. The lowest BCUT2D eigenvalue weighted by Gasteiger charge is -2.61. The summed E-state index contributed by atoms with van der Waals surface area (Å²) < 4.78 is 1.83. The van der Waals surface area contributed by atoms with Gasteiger partial charge in [0.05, 0.1) is 11.1 Å². The van der Waals surface area contributed by atoms with E-state index >= 15 is 0 Å². The SMILES string of the molecule is CSc1ccc2nnn(CC(=O)[C@H]3CC[C@H]4[C@@H]5CC[C@@H]6C[C@](C)(O)CC[C@]6(C)[C@H]5CC[C@]34C)c2c1. The van der Waals surface area contributed by atoms with E-state index in [9.17, 15) is 9.90 Å². The number of nitrogens with zero attached hydrogens (tertiary/aromatic N) is 3. The quantitative estimate of drug-likeness (QED) is 0.517. The molecule has 35 heavy (non-hydrogen) atoms. The zero-order valence-electron chi connectivity index (χ0n) is 21.8. The Kier molecular flexibility index (Phi) is 5.69. The minimum Gasteiger partial charge on any atom is -0.390 e. The number of aromatic nitrogens is 3. The first-order chi connectivity index (χ1) is 16.6. The second-order valence-corrected chi connectivity index (χ2v) is 14.0. The lowest BCUT2D eigenvalue weighted by molar-refractivity contribution is -0.151. The van der Waals surface area contributed by atoms with Crippen LogP contribution < -0.4 is 0 Å². The molecule has 190 valence electrons. The summed E-state index contributed by atoms with van der Waals surface area (Å²) in [5.41, 5.74) is 1.83. The van der Waals surface area contributed by atoms with Gasteiger partial charge in [0, 0.05) is 10.8 Å². The summed E-state index contributed by atoms with van der Waals surface area (Å²) in [5.74, 6) is 3.30. The number of Topliss-reactive ketones (excluding diaryl/α,β-unsaturated/α-hetero) is 1. The number of carbonyl (C=O) groups excluding carboxylic acids is 1. The first-order valence-corrected chi connectivity index (χ1v) is 15.0. The average Bonchev–Trinajstić information content (AvgIpc) is 3.39. The zero-order valence-corrected chi connectivity index (χ0v) is 22.6. The van der Waals surface area contributed by atoms with E-state index in [1.807, 2.05) is 17.7 Å². The molecule has 4 saturated carbocycles. The van der Waals surface area contributed by atoms with Gasteiger partial charge in [0.1, 0.15) is 12.1 Å². The number of fused-ring (bicyclic) bond motifs is 6. The second kappa shape index (κ2) is 8.31. The van der Waals surface area contributed by atoms with Crippen LogP contribution in [0.4, 0.5) is 0 Å². The molecule has 6 heteroatoms. The summed E-state index contributed by atoms with van der Waals surface area (Å²) in [5, 5.41) is 19.4. The summed E-state index contributed by atoms with van der Waals surface area (Å²) >= 11 is 1.70. The number of rotatable bonds is 4. The van der Waals surface area contributed by atoms with Gasteiger partial charge in [0.2, 0.25) is 0 Å². The van der Waals surface area contributed by atoms with Gasteiger partial charge < -0.3 is 5.11 Å². The Labute approximate surface area is 213 Å². The highest BCUT2D eigenvalue weighted by Crippen LogP contribution is 2.68. The van der Waals surface area contributed by atoms with Gasteiger partial charge >= 0.3 is 0 Å². The van der Waals surface area contributed by atoms with E-state index in [0.717, 1.165) is 48.6 Å². The summed E-state index contributed by atoms with van der Waals surface area (Å²) in [4.78, 5) is 14.9. The Balaban J connectivity index is 1.22. The minimum absolute atomic E-state index is 0.114. The molecule has 5 nitrogen and oxygen atoms in total. The maximum atomic E-state index is 13.8. The molecule has 1 heterocycles. The first kappa shape index (κ1) is 24.0. The largest absolute Gasteiger partial charge is 0.390 e. The number of ketones is 1. The summed E-state index contributed by atoms with van der Waals surface area (Å²) in [7, 11) is 0. The van der Waals surface area contributed by atoms with Crippen molar-refractivity contribution in [2.45, 2.75) is 95.6 Å². The van der Waals surface area contributed by atoms with Crippen molar-refractivity contribution in [3.05, 3.63) is 18.2 Å². The van der Waals surface area contributed by atoms with E-state index in [-0.39, 0.29) is 11.3 Å². The Morgan fingerprint density at radius 3 is 2.66 bits per heavy atom. The van der Waals surface area contributed by atoms with Crippen molar-refractivity contribution in [3.8, 4) is 0 Å². The third-order valence-corrected chi connectivity index (χ3v) is 12.1. The van der Waals surface area contributed by atoms with Crippen molar-refractivity contribution >= 4 is 28.6 Å². The number of thioether (sulfide) groups is 1. The lowest BCUT2D eigenvalue weighted by Crippen LogP contribution is -2.55. The summed E-state index contributed by atoms with van der Waals surface area (Å²) in [6.45, 7) is 7.37. The van der Waals surface area contributed by atoms with Crippen molar-refractivity contribution in [2.75, 3.05) is 6.26 Å². The highest BCUT2D eigenvalue weighted by molar-refractivity contribution is 7.98. The van der Waals surface area contributed by atoms with Crippen LogP contribution in [0.2, 0.25) is 0 Å². The zero-order chi connectivity index (χ0) is 24.6. The molecular weight excluding hydrogens is 454 g/mol. The van der Waals surface area contributed by atoms with E-state index in [4.69, 9.17) is 0 Å². The maximum absolute atomic E-state index is 13.8. The fraction of sp³-hybridized carbons (Fsp3) is 0.759. The molecule has 1 aromatic carbocycles. The molecular formula is C29H41N3O2S. The van der Waals surface area contributed by atoms with Crippen LogP contribution in [-0.4, -0.2) is 37.7 Å². The molecule has 4 aliphatic rings. The first-order valence-electron chi connectivity index (χ1n) is 13.8. The number of hydrogen-bond acceptors (Lipinski definition) is 5. The highest BCUT2D eigenvalue weighted by Gasteiger charge is 2.61. The Morgan fingerprint density at radius 1 is 1.06 bits per heavy atom. The molecule has 8 atom stereocenters. The standard InChI is InChI=1S/C29H41N3O2S/c1-27(34)13-14-28(2)18(16-27)5-7-20-21-8-9-23(29(21,3)12-11-22(20)28)26(33)17-32-25-15-19(35-4)6-10-24(25)30-31-32/h6,10,15,18,20-23,34H,5,7-9,11-14,16-17H2,1-4H3/t18-,20+,21+,22+,23-,27-,28+,29+/m1/s1. The van der Waals surface area contributed by atoms with Gasteiger partial charge in [0.25, 0.3) is 0 Å². The van der Waals surface area contributed by atoms with Crippen molar-refractivity contribution in [1.29, 1.82) is 0 Å². The minimum atomic E-state index is -0.479.